The van der Waals surface area contributed by atoms with Crippen molar-refractivity contribution in [1.82, 2.24) is 19.8 Å². The van der Waals surface area contributed by atoms with E-state index in [4.69, 9.17) is 0 Å². The summed E-state index contributed by atoms with van der Waals surface area (Å²) in [5.74, 6) is 1.45. The van der Waals surface area contributed by atoms with Crippen molar-refractivity contribution in [3.63, 3.8) is 0 Å². The first-order chi connectivity index (χ1) is 13.6. The first-order valence-electron chi connectivity index (χ1n) is 10.5. The second kappa shape index (κ2) is 10.8. The highest BCUT2D eigenvalue weighted by Crippen LogP contribution is 2.28. The van der Waals surface area contributed by atoms with E-state index in [0.717, 1.165) is 32.0 Å². The minimum Gasteiger partial charge on any atom is -0.357 e. The van der Waals surface area contributed by atoms with E-state index in [9.17, 15) is 21.6 Å². The lowest BCUT2D eigenvalue weighted by Gasteiger charge is -2.32. The molecule has 0 saturated carbocycles. The Morgan fingerprint density at radius 1 is 1.10 bits per heavy atom. The lowest BCUT2D eigenvalue weighted by Crippen LogP contribution is -2.51. The number of alkyl halides is 3. The molecule has 0 aromatic rings. The molecule has 170 valence electrons. The van der Waals surface area contributed by atoms with Crippen LogP contribution < -0.4 is 10.6 Å². The molecule has 0 radical (unpaired) electrons. The molecular formula is C18H34F3N5O2S. The van der Waals surface area contributed by atoms with Crippen molar-refractivity contribution in [2.24, 2.45) is 10.9 Å². The maximum atomic E-state index is 12.7. The Labute approximate surface area is 172 Å². The topological polar surface area (TPSA) is 77.0 Å². The number of hydrogen-bond donors (Lipinski definition) is 2. The average Bonchev–Trinajstić information content (AvgIpc) is 2.66. The van der Waals surface area contributed by atoms with Gasteiger partial charge in [-0.05, 0) is 64.6 Å². The van der Waals surface area contributed by atoms with Crippen LogP contribution in [0.1, 0.15) is 46.0 Å². The molecule has 0 amide bonds. The summed E-state index contributed by atoms with van der Waals surface area (Å²) in [6.45, 7) is 8.59. The van der Waals surface area contributed by atoms with Gasteiger partial charge in [-0.15, -0.1) is 0 Å². The van der Waals surface area contributed by atoms with Crippen LogP contribution in [0.2, 0.25) is 0 Å². The minimum absolute atomic E-state index is 0.101. The minimum atomic E-state index is -5.24. The van der Waals surface area contributed by atoms with Gasteiger partial charge >= 0.3 is 15.5 Å². The summed E-state index contributed by atoms with van der Waals surface area (Å²) < 4.78 is 61.5. The number of guanidine groups is 1. The van der Waals surface area contributed by atoms with Crippen LogP contribution in [0.3, 0.4) is 0 Å². The molecular weight excluding hydrogens is 407 g/mol. The van der Waals surface area contributed by atoms with Crippen LogP contribution in [0.4, 0.5) is 13.2 Å². The highest BCUT2D eigenvalue weighted by Gasteiger charge is 2.50. The van der Waals surface area contributed by atoms with Crippen molar-refractivity contribution in [2.45, 2.75) is 57.5 Å². The molecule has 2 rings (SSSR count). The Bertz CT molecular complexity index is 626. The van der Waals surface area contributed by atoms with E-state index in [1.54, 1.807) is 0 Å². The second-order valence-electron chi connectivity index (χ2n) is 7.91. The molecule has 2 saturated heterocycles. The fraction of sp³-hybridized carbons (Fsp3) is 0.944. The number of nitrogens with zero attached hydrogens (tertiary/aromatic N) is 3. The fourth-order valence-corrected chi connectivity index (χ4v) is 4.66. The molecule has 0 aromatic carbocycles. The molecule has 0 atom stereocenters. The monoisotopic (exact) mass is 441 g/mol. The summed E-state index contributed by atoms with van der Waals surface area (Å²) in [6.07, 6.45) is 4.07. The van der Waals surface area contributed by atoms with Crippen LogP contribution >= 0.6 is 0 Å². The van der Waals surface area contributed by atoms with Gasteiger partial charge in [-0.2, -0.15) is 17.5 Å². The maximum Gasteiger partial charge on any atom is 0.511 e. The highest BCUT2D eigenvalue weighted by molar-refractivity contribution is 7.90. The number of nitrogens with one attached hydrogen (secondary N) is 2. The van der Waals surface area contributed by atoms with Crippen LogP contribution in [0, 0.1) is 5.92 Å². The van der Waals surface area contributed by atoms with Gasteiger partial charge < -0.3 is 15.5 Å². The molecule has 7 nitrogen and oxygen atoms in total. The number of aliphatic imine (C=N–C) groups is 1. The molecule has 2 aliphatic heterocycles. The van der Waals surface area contributed by atoms with Gasteiger partial charge in [0.1, 0.15) is 0 Å². The normalized spacial score (nSPS) is 22.0. The average molecular weight is 442 g/mol. The first kappa shape index (κ1) is 24.2. The Morgan fingerprint density at radius 3 is 2.28 bits per heavy atom. The lowest BCUT2D eigenvalue weighted by molar-refractivity contribution is -0.0494. The molecule has 0 aliphatic carbocycles. The van der Waals surface area contributed by atoms with Gasteiger partial charge in [0, 0.05) is 32.2 Å². The molecule has 0 aromatic heterocycles. The largest absolute Gasteiger partial charge is 0.511 e. The van der Waals surface area contributed by atoms with Crippen molar-refractivity contribution in [1.29, 1.82) is 0 Å². The predicted molar refractivity (Wildman–Crippen MR) is 108 cm³/mol. The van der Waals surface area contributed by atoms with Gasteiger partial charge in [0.2, 0.25) is 0 Å². The fourth-order valence-electron chi connectivity index (χ4n) is 3.67. The van der Waals surface area contributed by atoms with Gasteiger partial charge in [-0.1, -0.05) is 6.92 Å². The van der Waals surface area contributed by atoms with E-state index in [2.05, 4.69) is 27.4 Å². The summed E-state index contributed by atoms with van der Waals surface area (Å²) in [7, 11) is -5.24. The van der Waals surface area contributed by atoms with Crippen molar-refractivity contribution in [2.75, 3.05) is 45.8 Å². The standard InChI is InChI=1S/C18H34F3N5O2S/c1-3-22-17(23-9-4-10-25-11-5-15(2)6-12-25)24-16-7-13-26(14-8-16)29(27,28)18(19,20)21/h15-16H,3-14H2,1-2H3,(H2,22,23,24). The van der Waals surface area contributed by atoms with Crippen molar-refractivity contribution >= 4 is 16.0 Å². The molecule has 2 aliphatic rings. The summed E-state index contributed by atoms with van der Waals surface area (Å²) in [5.41, 5.74) is -5.24. The molecule has 0 unspecified atom stereocenters. The van der Waals surface area contributed by atoms with Crippen molar-refractivity contribution in [3.05, 3.63) is 0 Å². The third-order valence-electron chi connectivity index (χ3n) is 5.55. The SMILES string of the molecule is CCNC(=NCCCN1CCC(C)CC1)NC1CCN(S(=O)(=O)C(F)(F)F)CC1. The van der Waals surface area contributed by atoms with E-state index in [1.807, 2.05) is 6.92 Å². The molecule has 2 N–H and O–H groups in total. The van der Waals surface area contributed by atoms with Gasteiger partial charge in [0.05, 0.1) is 0 Å². The van der Waals surface area contributed by atoms with Crippen molar-refractivity contribution < 1.29 is 21.6 Å². The van der Waals surface area contributed by atoms with Gasteiger partial charge in [-0.25, -0.2) is 8.42 Å². The Hall–Kier alpha value is -1.07. The quantitative estimate of drug-likeness (QED) is 0.359. The van der Waals surface area contributed by atoms with Crippen LogP contribution in [0.5, 0.6) is 0 Å². The summed E-state index contributed by atoms with van der Waals surface area (Å²) >= 11 is 0. The van der Waals surface area contributed by atoms with Crippen LogP contribution in [0.15, 0.2) is 4.99 Å². The zero-order chi connectivity index (χ0) is 21.5. The number of piperidine rings is 2. The number of likely N-dealkylation sites (tertiary alicyclic amines) is 1. The summed E-state index contributed by atoms with van der Waals surface area (Å²) in [4.78, 5) is 7.03. The Kier molecular flexibility index (Phi) is 9.02. The van der Waals surface area contributed by atoms with Crippen LogP contribution in [0.25, 0.3) is 0 Å². The third-order valence-corrected chi connectivity index (χ3v) is 7.18. The van der Waals surface area contributed by atoms with Gasteiger partial charge in [0.25, 0.3) is 0 Å². The van der Waals surface area contributed by atoms with E-state index in [0.29, 0.717) is 36.2 Å². The van der Waals surface area contributed by atoms with Gasteiger partial charge in [-0.3, -0.25) is 4.99 Å². The predicted octanol–water partition coefficient (Wildman–Crippen LogP) is 1.98. The number of halogens is 3. The number of hydrogen-bond acceptors (Lipinski definition) is 4. The third kappa shape index (κ3) is 7.29. The van der Waals surface area contributed by atoms with Crippen molar-refractivity contribution in [3.8, 4) is 0 Å². The van der Waals surface area contributed by atoms with E-state index < -0.39 is 15.5 Å². The zero-order valence-electron chi connectivity index (χ0n) is 17.3. The molecule has 29 heavy (non-hydrogen) atoms. The Morgan fingerprint density at radius 2 is 1.72 bits per heavy atom. The molecule has 2 heterocycles. The van der Waals surface area contributed by atoms with Gasteiger partial charge in [0.15, 0.2) is 5.96 Å². The summed E-state index contributed by atoms with van der Waals surface area (Å²) in [6, 6.07) is -0.101. The van der Waals surface area contributed by atoms with E-state index >= 15 is 0 Å². The second-order valence-corrected chi connectivity index (χ2v) is 9.84. The molecule has 2 fully saturated rings. The Balaban J connectivity index is 1.76. The first-order valence-corrected chi connectivity index (χ1v) is 11.9. The number of sulfonamides is 1. The highest BCUT2D eigenvalue weighted by atomic mass is 32.2. The maximum absolute atomic E-state index is 12.7. The lowest BCUT2D eigenvalue weighted by atomic mass is 9.99. The van der Waals surface area contributed by atoms with E-state index in [-0.39, 0.29) is 19.1 Å². The molecule has 0 bridgehead atoms. The van der Waals surface area contributed by atoms with Crippen LogP contribution in [-0.4, -0.2) is 80.9 Å². The summed E-state index contributed by atoms with van der Waals surface area (Å²) in [5, 5.41) is 6.39. The zero-order valence-corrected chi connectivity index (χ0v) is 18.2. The number of rotatable bonds is 7. The smallest absolute Gasteiger partial charge is 0.357 e. The molecule has 0 spiro atoms. The van der Waals surface area contributed by atoms with E-state index in [1.165, 1.54) is 12.8 Å². The molecule has 11 heteroatoms. The van der Waals surface area contributed by atoms with Crippen LogP contribution in [-0.2, 0) is 10.0 Å².